The molecular formula is C14H21ClN2O3. The van der Waals surface area contributed by atoms with Crippen LogP contribution in [-0.4, -0.2) is 26.2 Å². The SMILES string of the molecule is CCCCC(N)C(=O)Nc1cc(OC)c(Cl)cc1OC. The molecule has 1 unspecified atom stereocenters. The highest BCUT2D eigenvalue weighted by atomic mass is 35.5. The van der Waals surface area contributed by atoms with E-state index in [-0.39, 0.29) is 5.91 Å². The summed E-state index contributed by atoms with van der Waals surface area (Å²) in [4.78, 5) is 12.0. The van der Waals surface area contributed by atoms with Crippen molar-refractivity contribution < 1.29 is 14.3 Å². The molecule has 1 atom stereocenters. The maximum Gasteiger partial charge on any atom is 0.241 e. The van der Waals surface area contributed by atoms with Crippen LogP contribution in [0, 0.1) is 0 Å². The van der Waals surface area contributed by atoms with Crippen LogP contribution >= 0.6 is 11.6 Å². The highest BCUT2D eigenvalue weighted by Crippen LogP contribution is 2.35. The molecule has 0 aliphatic heterocycles. The molecule has 0 aliphatic carbocycles. The molecule has 112 valence electrons. The number of nitrogens with two attached hydrogens (primary N) is 1. The smallest absolute Gasteiger partial charge is 0.241 e. The van der Waals surface area contributed by atoms with Crippen LogP contribution in [0.1, 0.15) is 26.2 Å². The van der Waals surface area contributed by atoms with E-state index < -0.39 is 6.04 Å². The lowest BCUT2D eigenvalue weighted by Crippen LogP contribution is -2.35. The number of ether oxygens (including phenoxy) is 2. The van der Waals surface area contributed by atoms with Crippen LogP contribution in [0.2, 0.25) is 5.02 Å². The highest BCUT2D eigenvalue weighted by molar-refractivity contribution is 6.32. The number of amides is 1. The summed E-state index contributed by atoms with van der Waals surface area (Å²) in [6.45, 7) is 2.05. The molecule has 1 rings (SSSR count). The zero-order valence-corrected chi connectivity index (χ0v) is 12.8. The molecule has 0 saturated carbocycles. The van der Waals surface area contributed by atoms with Gasteiger partial charge in [0.25, 0.3) is 0 Å². The normalized spacial score (nSPS) is 11.8. The molecule has 0 aliphatic rings. The number of carbonyl (C=O) groups is 1. The van der Waals surface area contributed by atoms with Crippen molar-refractivity contribution in [3.8, 4) is 11.5 Å². The molecule has 5 nitrogen and oxygen atoms in total. The minimum Gasteiger partial charge on any atom is -0.495 e. The Hall–Kier alpha value is -1.46. The summed E-state index contributed by atoms with van der Waals surface area (Å²) in [7, 11) is 3.01. The maximum absolute atomic E-state index is 12.0. The van der Waals surface area contributed by atoms with Gasteiger partial charge in [-0.3, -0.25) is 4.79 Å². The second-order valence-corrected chi connectivity index (χ2v) is 4.83. The average molecular weight is 301 g/mol. The summed E-state index contributed by atoms with van der Waals surface area (Å²) in [5.74, 6) is 0.679. The predicted octanol–water partition coefficient (Wildman–Crippen LogP) is 2.81. The Labute approximate surface area is 124 Å². The number of unbranched alkanes of at least 4 members (excludes halogenated alkanes) is 1. The van der Waals surface area contributed by atoms with Crippen LogP contribution in [-0.2, 0) is 4.79 Å². The van der Waals surface area contributed by atoms with Gasteiger partial charge in [-0.2, -0.15) is 0 Å². The quantitative estimate of drug-likeness (QED) is 0.812. The second kappa shape index (κ2) is 7.97. The number of benzene rings is 1. The summed E-state index contributed by atoms with van der Waals surface area (Å²) in [5, 5.41) is 3.16. The van der Waals surface area contributed by atoms with E-state index in [0.717, 1.165) is 12.8 Å². The van der Waals surface area contributed by atoms with Crippen LogP contribution in [0.15, 0.2) is 12.1 Å². The van der Waals surface area contributed by atoms with Crippen molar-refractivity contribution in [2.24, 2.45) is 5.73 Å². The minimum absolute atomic E-state index is 0.249. The Morgan fingerprint density at radius 2 is 2.00 bits per heavy atom. The van der Waals surface area contributed by atoms with E-state index in [1.54, 1.807) is 12.1 Å². The van der Waals surface area contributed by atoms with Gasteiger partial charge in [0.05, 0.1) is 31.0 Å². The Balaban J connectivity index is 2.87. The number of anilines is 1. The fraction of sp³-hybridized carbons (Fsp3) is 0.500. The lowest BCUT2D eigenvalue weighted by Gasteiger charge is -2.15. The third kappa shape index (κ3) is 4.28. The van der Waals surface area contributed by atoms with Crippen LogP contribution in [0.5, 0.6) is 11.5 Å². The number of nitrogens with one attached hydrogen (secondary N) is 1. The first kappa shape index (κ1) is 16.6. The largest absolute Gasteiger partial charge is 0.495 e. The molecule has 0 aromatic heterocycles. The van der Waals surface area contributed by atoms with E-state index in [9.17, 15) is 4.79 Å². The van der Waals surface area contributed by atoms with Gasteiger partial charge in [-0.05, 0) is 6.42 Å². The summed E-state index contributed by atoms with van der Waals surface area (Å²) in [5.41, 5.74) is 6.32. The Morgan fingerprint density at radius 3 is 2.55 bits per heavy atom. The maximum atomic E-state index is 12.0. The lowest BCUT2D eigenvalue weighted by molar-refractivity contribution is -0.117. The summed E-state index contributed by atoms with van der Waals surface area (Å²) >= 11 is 6.01. The Morgan fingerprint density at radius 1 is 1.35 bits per heavy atom. The molecule has 1 amide bonds. The Kier molecular flexibility index (Phi) is 6.61. The number of halogens is 1. The second-order valence-electron chi connectivity index (χ2n) is 4.43. The van der Waals surface area contributed by atoms with Crippen molar-refractivity contribution in [3.63, 3.8) is 0 Å². The summed E-state index contributed by atoms with van der Waals surface area (Å²) < 4.78 is 10.3. The third-order valence-corrected chi connectivity index (χ3v) is 3.23. The van der Waals surface area contributed by atoms with E-state index in [2.05, 4.69) is 12.2 Å². The fourth-order valence-corrected chi connectivity index (χ4v) is 1.97. The molecular weight excluding hydrogens is 280 g/mol. The van der Waals surface area contributed by atoms with E-state index >= 15 is 0 Å². The van der Waals surface area contributed by atoms with Gasteiger partial charge < -0.3 is 20.5 Å². The summed E-state index contributed by atoms with van der Waals surface area (Å²) in [6, 6.07) is 2.67. The van der Waals surface area contributed by atoms with Crippen molar-refractivity contribution in [3.05, 3.63) is 17.2 Å². The topological polar surface area (TPSA) is 73.6 Å². The average Bonchev–Trinajstić information content (AvgIpc) is 2.45. The van der Waals surface area contributed by atoms with Gasteiger partial charge in [0.15, 0.2) is 0 Å². The predicted molar refractivity (Wildman–Crippen MR) is 80.7 cm³/mol. The first-order chi connectivity index (χ1) is 9.53. The van der Waals surface area contributed by atoms with Crippen LogP contribution in [0.25, 0.3) is 0 Å². The standard InChI is InChI=1S/C14H21ClN2O3/c1-4-5-6-10(16)14(18)17-11-8-12(19-2)9(15)7-13(11)20-3/h7-8,10H,4-6,16H2,1-3H3,(H,17,18). The molecule has 0 spiro atoms. The first-order valence-corrected chi connectivity index (χ1v) is 6.89. The van der Waals surface area contributed by atoms with Crippen molar-refractivity contribution >= 4 is 23.2 Å². The highest BCUT2D eigenvalue weighted by Gasteiger charge is 2.17. The van der Waals surface area contributed by atoms with E-state index in [1.807, 2.05) is 0 Å². The van der Waals surface area contributed by atoms with Crippen molar-refractivity contribution in [1.82, 2.24) is 0 Å². The van der Waals surface area contributed by atoms with Gasteiger partial charge in [-0.1, -0.05) is 31.4 Å². The molecule has 1 aromatic rings. The molecule has 0 fully saturated rings. The first-order valence-electron chi connectivity index (χ1n) is 6.51. The summed E-state index contributed by atoms with van der Waals surface area (Å²) in [6.07, 6.45) is 2.56. The van der Waals surface area contributed by atoms with Crippen molar-refractivity contribution in [2.75, 3.05) is 19.5 Å². The van der Waals surface area contributed by atoms with Gasteiger partial charge >= 0.3 is 0 Å². The lowest BCUT2D eigenvalue weighted by atomic mass is 10.1. The molecule has 3 N–H and O–H groups in total. The third-order valence-electron chi connectivity index (χ3n) is 2.94. The van der Waals surface area contributed by atoms with Gasteiger partial charge in [0.2, 0.25) is 5.91 Å². The number of rotatable bonds is 7. The molecule has 1 aromatic carbocycles. The minimum atomic E-state index is -0.540. The van der Waals surface area contributed by atoms with E-state index in [1.165, 1.54) is 14.2 Å². The molecule has 6 heteroatoms. The van der Waals surface area contributed by atoms with Crippen molar-refractivity contribution in [1.29, 1.82) is 0 Å². The molecule has 20 heavy (non-hydrogen) atoms. The number of methoxy groups -OCH3 is 2. The van der Waals surface area contributed by atoms with Crippen LogP contribution < -0.4 is 20.5 Å². The molecule has 0 bridgehead atoms. The number of carbonyl (C=O) groups excluding carboxylic acids is 1. The van der Waals surface area contributed by atoms with Gasteiger partial charge in [0.1, 0.15) is 11.5 Å². The van der Waals surface area contributed by atoms with Crippen LogP contribution in [0.3, 0.4) is 0 Å². The fourth-order valence-electron chi connectivity index (χ4n) is 1.74. The molecule has 0 radical (unpaired) electrons. The van der Waals surface area contributed by atoms with Gasteiger partial charge in [0, 0.05) is 12.1 Å². The van der Waals surface area contributed by atoms with E-state index in [0.29, 0.717) is 28.6 Å². The van der Waals surface area contributed by atoms with Gasteiger partial charge in [-0.15, -0.1) is 0 Å². The van der Waals surface area contributed by atoms with Crippen LogP contribution in [0.4, 0.5) is 5.69 Å². The molecule has 0 heterocycles. The van der Waals surface area contributed by atoms with Gasteiger partial charge in [-0.25, -0.2) is 0 Å². The van der Waals surface area contributed by atoms with E-state index in [4.69, 9.17) is 26.8 Å². The van der Waals surface area contributed by atoms with Crippen molar-refractivity contribution in [2.45, 2.75) is 32.2 Å². The Bertz CT molecular complexity index is 466. The zero-order chi connectivity index (χ0) is 15.1. The number of hydrogen-bond acceptors (Lipinski definition) is 4. The number of hydrogen-bond donors (Lipinski definition) is 2. The monoisotopic (exact) mass is 300 g/mol. The zero-order valence-electron chi connectivity index (χ0n) is 12.0. The molecule has 0 saturated heterocycles.